The molecule has 7 heteroatoms. The Labute approximate surface area is 146 Å². The number of likely N-dealkylation sites (tertiary alicyclic amines) is 1. The van der Waals surface area contributed by atoms with Gasteiger partial charge in [-0.15, -0.1) is 0 Å². The zero-order valence-electron chi connectivity index (χ0n) is 14.8. The molecule has 1 fully saturated rings. The van der Waals surface area contributed by atoms with Gasteiger partial charge >= 0.3 is 0 Å². The Bertz CT molecular complexity index is 932. The number of aromatic nitrogens is 5. The summed E-state index contributed by atoms with van der Waals surface area (Å²) in [4.78, 5) is 19.2. The summed E-state index contributed by atoms with van der Waals surface area (Å²) in [7, 11) is 1.82. The van der Waals surface area contributed by atoms with Crippen LogP contribution in [0.15, 0.2) is 24.5 Å². The number of amides is 1. The molecule has 0 saturated carbocycles. The third kappa shape index (κ3) is 2.90. The van der Waals surface area contributed by atoms with Crippen molar-refractivity contribution in [1.29, 1.82) is 0 Å². The lowest BCUT2D eigenvalue weighted by molar-refractivity contribution is 0.0712. The van der Waals surface area contributed by atoms with Crippen molar-refractivity contribution in [3.8, 4) is 0 Å². The Hall–Kier alpha value is -2.70. The maximum absolute atomic E-state index is 12.5. The molecule has 25 heavy (non-hydrogen) atoms. The SMILES string of the molecule is Cc1cc2nc(C3CCN(C(=O)c4cnn(C)c4)CC3)cc(C)n2n1. The number of carbonyl (C=O) groups excluding carboxylic acids is 1. The first-order valence-corrected chi connectivity index (χ1v) is 8.63. The van der Waals surface area contributed by atoms with E-state index >= 15 is 0 Å². The highest BCUT2D eigenvalue weighted by molar-refractivity contribution is 5.93. The van der Waals surface area contributed by atoms with Crippen LogP contribution in [0.2, 0.25) is 0 Å². The van der Waals surface area contributed by atoms with Crippen molar-refractivity contribution in [2.24, 2.45) is 7.05 Å². The average molecular weight is 338 g/mol. The number of hydrogen-bond acceptors (Lipinski definition) is 4. The van der Waals surface area contributed by atoms with Crippen LogP contribution in [-0.2, 0) is 7.05 Å². The summed E-state index contributed by atoms with van der Waals surface area (Å²) in [5, 5.41) is 8.55. The minimum absolute atomic E-state index is 0.0672. The lowest BCUT2D eigenvalue weighted by atomic mass is 9.92. The molecule has 0 aliphatic carbocycles. The van der Waals surface area contributed by atoms with Gasteiger partial charge in [-0.25, -0.2) is 9.50 Å². The number of rotatable bonds is 2. The molecule has 130 valence electrons. The van der Waals surface area contributed by atoms with Gasteiger partial charge in [-0.05, 0) is 32.8 Å². The zero-order chi connectivity index (χ0) is 17.6. The Kier molecular flexibility index (Phi) is 3.78. The minimum atomic E-state index is 0.0672. The van der Waals surface area contributed by atoms with E-state index in [9.17, 15) is 4.79 Å². The molecule has 0 bridgehead atoms. The molecule has 0 radical (unpaired) electrons. The average Bonchev–Trinajstić information content (AvgIpc) is 3.19. The third-order valence-corrected chi connectivity index (χ3v) is 4.90. The van der Waals surface area contributed by atoms with E-state index in [1.165, 1.54) is 0 Å². The van der Waals surface area contributed by atoms with E-state index in [0.29, 0.717) is 11.5 Å². The first-order chi connectivity index (χ1) is 12.0. The van der Waals surface area contributed by atoms with Gasteiger partial charge in [-0.2, -0.15) is 10.2 Å². The van der Waals surface area contributed by atoms with Crippen molar-refractivity contribution in [3.05, 3.63) is 47.2 Å². The predicted molar refractivity (Wildman–Crippen MR) is 93.5 cm³/mol. The smallest absolute Gasteiger partial charge is 0.257 e. The first kappa shape index (κ1) is 15.8. The summed E-state index contributed by atoms with van der Waals surface area (Å²) in [5.74, 6) is 0.453. The van der Waals surface area contributed by atoms with E-state index in [4.69, 9.17) is 4.98 Å². The third-order valence-electron chi connectivity index (χ3n) is 4.90. The molecule has 1 aliphatic heterocycles. The number of carbonyl (C=O) groups is 1. The van der Waals surface area contributed by atoms with Gasteiger partial charge < -0.3 is 4.90 Å². The number of piperidine rings is 1. The van der Waals surface area contributed by atoms with E-state index < -0.39 is 0 Å². The largest absolute Gasteiger partial charge is 0.339 e. The van der Waals surface area contributed by atoms with Gasteiger partial charge in [0.15, 0.2) is 5.65 Å². The summed E-state index contributed by atoms with van der Waals surface area (Å²) < 4.78 is 3.55. The molecule has 0 atom stereocenters. The van der Waals surface area contributed by atoms with E-state index in [1.807, 2.05) is 29.5 Å². The second-order valence-corrected chi connectivity index (χ2v) is 6.85. The second kappa shape index (κ2) is 5.98. The molecule has 3 aromatic heterocycles. The summed E-state index contributed by atoms with van der Waals surface area (Å²) >= 11 is 0. The quantitative estimate of drug-likeness (QED) is 0.717. The molecule has 4 rings (SSSR count). The van der Waals surface area contributed by atoms with Crippen molar-refractivity contribution in [2.45, 2.75) is 32.6 Å². The van der Waals surface area contributed by atoms with E-state index in [2.05, 4.69) is 23.2 Å². The maximum Gasteiger partial charge on any atom is 0.257 e. The van der Waals surface area contributed by atoms with Gasteiger partial charge in [-0.3, -0.25) is 9.48 Å². The number of aryl methyl sites for hydroxylation is 3. The Morgan fingerprint density at radius 2 is 1.96 bits per heavy atom. The molecule has 4 heterocycles. The monoisotopic (exact) mass is 338 g/mol. The van der Waals surface area contributed by atoms with Crippen molar-refractivity contribution in [3.63, 3.8) is 0 Å². The normalized spacial score (nSPS) is 15.9. The fourth-order valence-corrected chi connectivity index (χ4v) is 3.57. The molecule has 1 aliphatic rings. The summed E-state index contributed by atoms with van der Waals surface area (Å²) in [6, 6.07) is 4.14. The van der Waals surface area contributed by atoms with Crippen LogP contribution in [0.5, 0.6) is 0 Å². The number of nitrogens with zero attached hydrogens (tertiary/aromatic N) is 6. The molecule has 0 aromatic carbocycles. The van der Waals surface area contributed by atoms with Crippen LogP contribution in [0.3, 0.4) is 0 Å². The van der Waals surface area contributed by atoms with Crippen LogP contribution in [0.1, 0.15) is 46.2 Å². The molecule has 0 unspecified atom stereocenters. The molecular formula is C18H22N6O. The zero-order valence-corrected chi connectivity index (χ0v) is 14.8. The van der Waals surface area contributed by atoms with Crippen LogP contribution < -0.4 is 0 Å². The molecule has 1 amide bonds. The van der Waals surface area contributed by atoms with Gasteiger partial charge in [0.05, 0.1) is 17.5 Å². The number of hydrogen-bond donors (Lipinski definition) is 0. The Morgan fingerprint density at radius 3 is 2.64 bits per heavy atom. The topological polar surface area (TPSA) is 68.3 Å². The predicted octanol–water partition coefficient (Wildman–Crippen LogP) is 2.10. The van der Waals surface area contributed by atoms with E-state index in [1.54, 1.807) is 17.1 Å². The van der Waals surface area contributed by atoms with Gasteiger partial charge in [0.2, 0.25) is 0 Å². The van der Waals surface area contributed by atoms with E-state index in [-0.39, 0.29) is 5.91 Å². The fourth-order valence-electron chi connectivity index (χ4n) is 3.57. The second-order valence-electron chi connectivity index (χ2n) is 6.85. The molecule has 7 nitrogen and oxygen atoms in total. The lowest BCUT2D eigenvalue weighted by Gasteiger charge is -2.31. The van der Waals surface area contributed by atoms with Crippen molar-refractivity contribution >= 4 is 11.6 Å². The summed E-state index contributed by atoms with van der Waals surface area (Å²) in [6.07, 6.45) is 5.27. The number of fused-ring (bicyclic) bond motifs is 1. The van der Waals surface area contributed by atoms with Gasteiger partial charge in [0.1, 0.15) is 0 Å². The van der Waals surface area contributed by atoms with Crippen molar-refractivity contribution < 1.29 is 4.79 Å². The van der Waals surface area contributed by atoms with Crippen LogP contribution in [0, 0.1) is 13.8 Å². The molecule has 0 N–H and O–H groups in total. The molecule has 3 aromatic rings. The highest BCUT2D eigenvalue weighted by Crippen LogP contribution is 2.28. The summed E-state index contributed by atoms with van der Waals surface area (Å²) in [6.45, 7) is 5.55. The van der Waals surface area contributed by atoms with Crippen LogP contribution in [0.25, 0.3) is 5.65 Å². The van der Waals surface area contributed by atoms with Gasteiger partial charge in [0.25, 0.3) is 5.91 Å². The van der Waals surface area contributed by atoms with Crippen LogP contribution in [-0.4, -0.2) is 48.3 Å². The van der Waals surface area contributed by atoms with Crippen LogP contribution >= 0.6 is 0 Å². The highest BCUT2D eigenvalue weighted by Gasteiger charge is 2.26. The Balaban J connectivity index is 1.49. The fraction of sp³-hybridized carbons (Fsp3) is 0.444. The van der Waals surface area contributed by atoms with Crippen LogP contribution in [0.4, 0.5) is 0 Å². The maximum atomic E-state index is 12.5. The minimum Gasteiger partial charge on any atom is -0.339 e. The Morgan fingerprint density at radius 1 is 1.20 bits per heavy atom. The molecule has 1 saturated heterocycles. The van der Waals surface area contributed by atoms with E-state index in [0.717, 1.165) is 48.7 Å². The standard InChI is InChI=1S/C18H22N6O/c1-12-8-17-20-16(9-13(2)24(17)21-12)14-4-6-23(7-5-14)18(25)15-10-19-22(3)11-15/h8-11,14H,4-7H2,1-3H3. The molecular weight excluding hydrogens is 316 g/mol. The van der Waals surface area contributed by atoms with Crippen molar-refractivity contribution in [1.82, 2.24) is 29.3 Å². The highest BCUT2D eigenvalue weighted by atomic mass is 16.2. The first-order valence-electron chi connectivity index (χ1n) is 8.63. The lowest BCUT2D eigenvalue weighted by Crippen LogP contribution is -2.38. The van der Waals surface area contributed by atoms with Gasteiger partial charge in [0, 0.05) is 49.7 Å². The summed E-state index contributed by atoms with van der Waals surface area (Å²) in [5.41, 5.74) is 4.75. The molecule has 0 spiro atoms. The van der Waals surface area contributed by atoms with Gasteiger partial charge in [-0.1, -0.05) is 0 Å². The van der Waals surface area contributed by atoms with Crippen molar-refractivity contribution in [2.75, 3.05) is 13.1 Å².